The maximum Gasteiger partial charge on any atom is 0.0716 e. The summed E-state index contributed by atoms with van der Waals surface area (Å²) in [7, 11) is 0. The number of nitrogens with two attached hydrogens (primary N) is 1. The average Bonchev–Trinajstić information content (AvgIpc) is 2.30. The summed E-state index contributed by atoms with van der Waals surface area (Å²) < 4.78 is 0. The maximum atomic E-state index is 6.15. The van der Waals surface area contributed by atoms with Crippen molar-refractivity contribution in [3.8, 4) is 11.3 Å². The molecule has 0 bridgehead atoms. The van der Waals surface area contributed by atoms with E-state index in [2.05, 4.69) is 4.98 Å². The maximum absolute atomic E-state index is 6.15. The van der Waals surface area contributed by atoms with E-state index in [0.717, 1.165) is 16.8 Å². The quantitative estimate of drug-likeness (QED) is 0.842. The summed E-state index contributed by atoms with van der Waals surface area (Å²) >= 11 is 6.15. The van der Waals surface area contributed by atoms with Crippen molar-refractivity contribution in [3.63, 3.8) is 0 Å². The van der Waals surface area contributed by atoms with Gasteiger partial charge in [-0.1, -0.05) is 29.8 Å². The summed E-state index contributed by atoms with van der Waals surface area (Å²) in [6.45, 7) is 0.502. The number of hydrogen-bond donors (Lipinski definition) is 1. The standard InChI is InChI=1S/C12H11ClN2/c13-11-7-9(8-14)4-5-10(11)12-3-1-2-6-15-12/h1-7H,8,14H2. The smallest absolute Gasteiger partial charge is 0.0716 e. The molecule has 0 aliphatic heterocycles. The van der Waals surface area contributed by atoms with Crippen LogP contribution in [-0.2, 0) is 6.54 Å². The highest BCUT2D eigenvalue weighted by atomic mass is 35.5. The lowest BCUT2D eigenvalue weighted by atomic mass is 10.1. The van der Waals surface area contributed by atoms with Crippen molar-refractivity contribution >= 4 is 11.6 Å². The zero-order valence-corrected chi connectivity index (χ0v) is 8.91. The monoisotopic (exact) mass is 218 g/mol. The van der Waals surface area contributed by atoms with Crippen LogP contribution in [0.3, 0.4) is 0 Å². The third-order valence-electron chi connectivity index (χ3n) is 2.21. The molecule has 2 aromatic rings. The van der Waals surface area contributed by atoms with Gasteiger partial charge >= 0.3 is 0 Å². The topological polar surface area (TPSA) is 38.9 Å². The van der Waals surface area contributed by atoms with Gasteiger partial charge in [-0.3, -0.25) is 4.98 Å². The lowest BCUT2D eigenvalue weighted by Gasteiger charge is -2.05. The van der Waals surface area contributed by atoms with Gasteiger partial charge in [-0.25, -0.2) is 0 Å². The molecule has 0 fully saturated rings. The lowest BCUT2D eigenvalue weighted by Crippen LogP contribution is -1.96. The molecule has 0 unspecified atom stereocenters. The van der Waals surface area contributed by atoms with Crippen LogP contribution < -0.4 is 5.73 Å². The number of rotatable bonds is 2. The van der Waals surface area contributed by atoms with E-state index in [9.17, 15) is 0 Å². The van der Waals surface area contributed by atoms with E-state index in [-0.39, 0.29) is 0 Å². The van der Waals surface area contributed by atoms with Gasteiger partial charge in [-0.2, -0.15) is 0 Å². The van der Waals surface area contributed by atoms with Gasteiger partial charge in [0.05, 0.1) is 10.7 Å². The molecule has 15 heavy (non-hydrogen) atoms. The number of hydrogen-bond acceptors (Lipinski definition) is 2. The van der Waals surface area contributed by atoms with Crippen LogP contribution in [0, 0.1) is 0 Å². The number of aromatic nitrogens is 1. The summed E-state index contributed by atoms with van der Waals surface area (Å²) in [4.78, 5) is 4.25. The van der Waals surface area contributed by atoms with Crippen LogP contribution in [0.4, 0.5) is 0 Å². The molecule has 2 rings (SSSR count). The minimum absolute atomic E-state index is 0.502. The fourth-order valence-electron chi connectivity index (χ4n) is 1.42. The molecule has 1 aromatic heterocycles. The third-order valence-corrected chi connectivity index (χ3v) is 2.52. The first kappa shape index (κ1) is 10.1. The normalized spacial score (nSPS) is 10.3. The number of nitrogens with zero attached hydrogens (tertiary/aromatic N) is 1. The Labute approximate surface area is 93.7 Å². The van der Waals surface area contributed by atoms with E-state index in [1.165, 1.54) is 0 Å². The van der Waals surface area contributed by atoms with E-state index in [4.69, 9.17) is 17.3 Å². The first-order chi connectivity index (χ1) is 7.31. The van der Waals surface area contributed by atoms with Crippen LogP contribution in [-0.4, -0.2) is 4.98 Å². The zero-order chi connectivity index (χ0) is 10.7. The van der Waals surface area contributed by atoms with Crippen LogP contribution in [0.1, 0.15) is 5.56 Å². The first-order valence-electron chi connectivity index (χ1n) is 4.71. The van der Waals surface area contributed by atoms with Gasteiger partial charge in [0, 0.05) is 18.3 Å². The van der Waals surface area contributed by atoms with Gasteiger partial charge in [-0.05, 0) is 23.8 Å². The van der Waals surface area contributed by atoms with E-state index in [1.54, 1.807) is 6.20 Å². The first-order valence-corrected chi connectivity index (χ1v) is 5.09. The largest absolute Gasteiger partial charge is 0.326 e. The Kier molecular flexibility index (Phi) is 2.99. The molecule has 76 valence electrons. The molecule has 2 N–H and O–H groups in total. The summed E-state index contributed by atoms with van der Waals surface area (Å²) in [6, 6.07) is 11.6. The minimum atomic E-state index is 0.502. The number of halogens is 1. The summed E-state index contributed by atoms with van der Waals surface area (Å²) in [5, 5.41) is 0.691. The Bertz CT molecular complexity index is 454. The van der Waals surface area contributed by atoms with Gasteiger partial charge in [-0.15, -0.1) is 0 Å². The summed E-state index contributed by atoms with van der Waals surface area (Å²) in [5.74, 6) is 0. The van der Waals surface area contributed by atoms with Crippen LogP contribution >= 0.6 is 11.6 Å². The van der Waals surface area contributed by atoms with Crippen LogP contribution in [0.5, 0.6) is 0 Å². The van der Waals surface area contributed by atoms with Gasteiger partial charge in [0.15, 0.2) is 0 Å². The van der Waals surface area contributed by atoms with Crippen LogP contribution in [0.25, 0.3) is 11.3 Å². The van der Waals surface area contributed by atoms with E-state index in [1.807, 2.05) is 36.4 Å². The van der Waals surface area contributed by atoms with Gasteiger partial charge in [0.25, 0.3) is 0 Å². The van der Waals surface area contributed by atoms with Crippen LogP contribution in [0.2, 0.25) is 5.02 Å². The molecule has 0 spiro atoms. The molecule has 1 aromatic carbocycles. The van der Waals surface area contributed by atoms with Crippen molar-refractivity contribution in [2.24, 2.45) is 5.73 Å². The fourth-order valence-corrected chi connectivity index (χ4v) is 1.72. The van der Waals surface area contributed by atoms with E-state index < -0.39 is 0 Å². The predicted octanol–water partition coefficient (Wildman–Crippen LogP) is 2.86. The SMILES string of the molecule is NCc1ccc(-c2ccccn2)c(Cl)c1. The van der Waals surface area contributed by atoms with Crippen molar-refractivity contribution in [2.75, 3.05) is 0 Å². The minimum Gasteiger partial charge on any atom is -0.326 e. The van der Waals surface area contributed by atoms with E-state index >= 15 is 0 Å². The predicted molar refractivity (Wildman–Crippen MR) is 62.6 cm³/mol. The number of benzene rings is 1. The highest BCUT2D eigenvalue weighted by Gasteiger charge is 2.04. The van der Waals surface area contributed by atoms with Crippen molar-refractivity contribution in [3.05, 3.63) is 53.2 Å². The molecule has 0 aliphatic rings. The van der Waals surface area contributed by atoms with Crippen molar-refractivity contribution in [1.29, 1.82) is 0 Å². The molecule has 2 nitrogen and oxygen atoms in total. The molecule has 0 aliphatic carbocycles. The molecule has 0 atom stereocenters. The highest BCUT2D eigenvalue weighted by Crippen LogP contribution is 2.26. The Balaban J connectivity index is 2.46. The molecule has 0 radical (unpaired) electrons. The molecule has 1 heterocycles. The van der Waals surface area contributed by atoms with Crippen LogP contribution in [0.15, 0.2) is 42.6 Å². The average molecular weight is 219 g/mol. The Hall–Kier alpha value is -1.38. The lowest BCUT2D eigenvalue weighted by molar-refractivity contribution is 1.07. The molecular weight excluding hydrogens is 208 g/mol. The molecule has 0 amide bonds. The van der Waals surface area contributed by atoms with Gasteiger partial charge in [0.1, 0.15) is 0 Å². The van der Waals surface area contributed by atoms with Crippen molar-refractivity contribution in [2.45, 2.75) is 6.54 Å². The molecule has 0 saturated carbocycles. The molecular formula is C12H11ClN2. The Morgan fingerprint density at radius 1 is 1.20 bits per heavy atom. The Morgan fingerprint density at radius 3 is 2.67 bits per heavy atom. The summed E-state index contributed by atoms with van der Waals surface area (Å²) in [6.07, 6.45) is 1.75. The van der Waals surface area contributed by atoms with E-state index in [0.29, 0.717) is 11.6 Å². The second-order valence-electron chi connectivity index (χ2n) is 3.23. The van der Waals surface area contributed by atoms with Crippen molar-refractivity contribution in [1.82, 2.24) is 4.98 Å². The Morgan fingerprint density at radius 2 is 2.07 bits per heavy atom. The molecule has 0 saturated heterocycles. The summed E-state index contributed by atoms with van der Waals surface area (Å²) in [5.41, 5.74) is 8.38. The second kappa shape index (κ2) is 4.43. The van der Waals surface area contributed by atoms with Gasteiger partial charge in [0.2, 0.25) is 0 Å². The number of pyridine rings is 1. The third kappa shape index (κ3) is 2.17. The zero-order valence-electron chi connectivity index (χ0n) is 8.15. The van der Waals surface area contributed by atoms with Crippen molar-refractivity contribution < 1.29 is 0 Å². The fraction of sp³-hybridized carbons (Fsp3) is 0.0833. The second-order valence-corrected chi connectivity index (χ2v) is 3.64. The highest BCUT2D eigenvalue weighted by molar-refractivity contribution is 6.33. The van der Waals surface area contributed by atoms with Gasteiger partial charge < -0.3 is 5.73 Å². The molecule has 3 heteroatoms.